The first-order chi connectivity index (χ1) is 4.91. The minimum atomic E-state index is -1.89. The van der Waals surface area contributed by atoms with Crippen LogP contribution >= 0.6 is 34.8 Å². The zero-order valence-corrected chi connectivity index (χ0v) is 7.20. The summed E-state index contributed by atoms with van der Waals surface area (Å²) in [6.45, 7) is 0. The van der Waals surface area contributed by atoms with E-state index in [0.717, 1.165) is 6.08 Å². The molecule has 11 heavy (non-hydrogen) atoms. The quantitative estimate of drug-likeness (QED) is 0.348. The molecule has 0 bridgehead atoms. The molecule has 1 heterocycles. The highest BCUT2D eigenvalue weighted by Gasteiger charge is 2.38. The molecule has 0 aromatic rings. The number of ether oxygens (including phenoxy) is 1. The Labute approximate surface area is 76.8 Å². The van der Waals surface area contributed by atoms with Crippen LogP contribution < -0.4 is 0 Å². The molecule has 1 aliphatic heterocycles. The second kappa shape index (κ2) is 2.66. The van der Waals surface area contributed by atoms with E-state index < -0.39 is 15.7 Å². The summed E-state index contributed by atoms with van der Waals surface area (Å²) in [7, 11) is 0. The second-order valence-electron chi connectivity index (χ2n) is 1.76. The van der Waals surface area contributed by atoms with Gasteiger partial charge in [-0.05, 0) is 0 Å². The summed E-state index contributed by atoms with van der Waals surface area (Å²) in [5.74, 6) is -1.72. The van der Waals surface area contributed by atoms with Crippen LogP contribution in [0.3, 0.4) is 0 Å². The molecule has 0 atom stereocenters. The number of carbonyl (C=O) groups excluding carboxylic acids is 2. The van der Waals surface area contributed by atoms with Crippen molar-refractivity contribution >= 4 is 46.7 Å². The highest BCUT2D eigenvalue weighted by Crippen LogP contribution is 2.36. The molecule has 1 aliphatic rings. The summed E-state index contributed by atoms with van der Waals surface area (Å²) < 4.78 is 2.19. The van der Waals surface area contributed by atoms with Gasteiger partial charge in [-0.1, -0.05) is 34.8 Å². The van der Waals surface area contributed by atoms with Gasteiger partial charge < -0.3 is 4.74 Å². The highest BCUT2D eigenvalue weighted by molar-refractivity contribution is 6.71. The van der Waals surface area contributed by atoms with Gasteiger partial charge in [0.15, 0.2) is 0 Å². The van der Waals surface area contributed by atoms with Crippen LogP contribution in [0.4, 0.5) is 0 Å². The number of esters is 2. The Morgan fingerprint density at radius 2 is 1.82 bits per heavy atom. The van der Waals surface area contributed by atoms with Crippen LogP contribution in [0, 0.1) is 0 Å². The lowest BCUT2D eigenvalue weighted by Gasteiger charge is -2.07. The van der Waals surface area contributed by atoms with E-state index >= 15 is 0 Å². The standard InChI is InChI=1S/C5HCl3O3/c6-5(7,8)2-1-3(9)11-4(2)10/h1H. The third-order valence-corrected chi connectivity index (χ3v) is 1.59. The molecule has 3 nitrogen and oxygen atoms in total. The topological polar surface area (TPSA) is 43.4 Å². The Morgan fingerprint density at radius 3 is 2.00 bits per heavy atom. The molecule has 0 aromatic heterocycles. The van der Waals surface area contributed by atoms with Gasteiger partial charge in [0, 0.05) is 6.08 Å². The van der Waals surface area contributed by atoms with Gasteiger partial charge in [0.05, 0.1) is 5.57 Å². The van der Waals surface area contributed by atoms with E-state index in [4.69, 9.17) is 34.8 Å². The van der Waals surface area contributed by atoms with Crippen molar-refractivity contribution in [3.05, 3.63) is 11.6 Å². The van der Waals surface area contributed by atoms with Gasteiger partial charge in [-0.3, -0.25) is 0 Å². The fourth-order valence-electron chi connectivity index (χ4n) is 0.550. The Hall–Kier alpha value is -0.250. The molecule has 0 radical (unpaired) electrons. The van der Waals surface area contributed by atoms with E-state index in [0.29, 0.717) is 0 Å². The summed E-state index contributed by atoms with van der Waals surface area (Å²) in [5, 5.41) is 0. The molecule has 0 fully saturated rings. The smallest absolute Gasteiger partial charge is 0.346 e. The summed E-state index contributed by atoms with van der Waals surface area (Å²) in [6.07, 6.45) is 0.856. The maximum absolute atomic E-state index is 10.7. The molecular weight excluding hydrogens is 214 g/mol. The normalized spacial score (nSPS) is 18.3. The number of hydrogen-bond donors (Lipinski definition) is 0. The van der Waals surface area contributed by atoms with Gasteiger partial charge >= 0.3 is 11.9 Å². The van der Waals surface area contributed by atoms with Gasteiger partial charge in [-0.15, -0.1) is 0 Å². The van der Waals surface area contributed by atoms with E-state index in [9.17, 15) is 9.59 Å². The van der Waals surface area contributed by atoms with Crippen molar-refractivity contribution in [1.29, 1.82) is 0 Å². The van der Waals surface area contributed by atoms with Crippen LogP contribution in [0.2, 0.25) is 0 Å². The van der Waals surface area contributed by atoms with Gasteiger partial charge in [-0.25, -0.2) is 9.59 Å². The van der Waals surface area contributed by atoms with Crippen LogP contribution in [0.15, 0.2) is 11.6 Å². The van der Waals surface area contributed by atoms with Crippen molar-refractivity contribution in [2.24, 2.45) is 0 Å². The van der Waals surface area contributed by atoms with Crippen molar-refractivity contribution in [1.82, 2.24) is 0 Å². The summed E-state index contributed by atoms with van der Waals surface area (Å²) >= 11 is 15.9. The predicted octanol–water partition coefficient (Wildman–Crippen LogP) is 1.37. The maximum atomic E-state index is 10.7. The Balaban J connectivity index is 2.97. The van der Waals surface area contributed by atoms with Crippen molar-refractivity contribution in [2.75, 3.05) is 0 Å². The Kier molecular flexibility index (Phi) is 2.14. The van der Waals surface area contributed by atoms with Crippen molar-refractivity contribution in [2.45, 2.75) is 3.79 Å². The molecular formula is C5HCl3O3. The van der Waals surface area contributed by atoms with E-state index in [1.54, 1.807) is 0 Å². The number of cyclic esters (lactones) is 2. The van der Waals surface area contributed by atoms with E-state index in [1.165, 1.54) is 0 Å². The maximum Gasteiger partial charge on any atom is 0.346 e. The Bertz CT molecular complexity index is 250. The largest absolute Gasteiger partial charge is 0.386 e. The molecule has 0 aromatic carbocycles. The minimum Gasteiger partial charge on any atom is -0.386 e. The molecule has 0 unspecified atom stereocenters. The van der Waals surface area contributed by atoms with Crippen LogP contribution in [-0.4, -0.2) is 15.7 Å². The van der Waals surface area contributed by atoms with E-state index in [-0.39, 0.29) is 5.57 Å². The molecule has 1 rings (SSSR count). The predicted molar refractivity (Wildman–Crippen MR) is 39.5 cm³/mol. The lowest BCUT2D eigenvalue weighted by atomic mass is 10.3. The molecule has 0 saturated heterocycles. The summed E-state index contributed by atoms with van der Waals surface area (Å²) in [6, 6.07) is 0. The highest BCUT2D eigenvalue weighted by atomic mass is 35.6. The molecule has 0 aliphatic carbocycles. The first-order valence-corrected chi connectivity index (χ1v) is 3.59. The lowest BCUT2D eigenvalue weighted by Crippen LogP contribution is -2.13. The lowest BCUT2D eigenvalue weighted by molar-refractivity contribution is -0.150. The molecule has 0 saturated carbocycles. The fraction of sp³-hybridized carbons (Fsp3) is 0.200. The minimum absolute atomic E-state index is 0.257. The first kappa shape index (κ1) is 8.84. The SMILES string of the molecule is O=C1C=C(C(Cl)(Cl)Cl)C(=O)O1. The average molecular weight is 215 g/mol. The Morgan fingerprint density at radius 1 is 1.27 bits per heavy atom. The zero-order valence-electron chi connectivity index (χ0n) is 4.94. The number of rotatable bonds is 0. The van der Waals surface area contributed by atoms with E-state index in [1.807, 2.05) is 0 Å². The first-order valence-electron chi connectivity index (χ1n) is 2.46. The van der Waals surface area contributed by atoms with Gasteiger partial charge in [0.25, 0.3) is 0 Å². The third kappa shape index (κ3) is 1.86. The van der Waals surface area contributed by atoms with Crippen molar-refractivity contribution in [3.8, 4) is 0 Å². The monoisotopic (exact) mass is 214 g/mol. The van der Waals surface area contributed by atoms with Gasteiger partial charge in [-0.2, -0.15) is 0 Å². The molecule has 60 valence electrons. The van der Waals surface area contributed by atoms with Crippen LogP contribution in [0.1, 0.15) is 0 Å². The van der Waals surface area contributed by atoms with Crippen molar-refractivity contribution < 1.29 is 14.3 Å². The summed E-state index contributed by atoms with van der Waals surface area (Å²) in [4.78, 5) is 21.1. The second-order valence-corrected chi connectivity index (χ2v) is 4.05. The van der Waals surface area contributed by atoms with Gasteiger partial charge in [0.2, 0.25) is 3.79 Å². The third-order valence-electron chi connectivity index (χ3n) is 0.981. The average Bonchev–Trinajstić information content (AvgIpc) is 2.08. The number of alkyl halides is 3. The van der Waals surface area contributed by atoms with Gasteiger partial charge in [0.1, 0.15) is 0 Å². The van der Waals surface area contributed by atoms with E-state index in [2.05, 4.69) is 4.74 Å². The molecule has 0 spiro atoms. The molecule has 0 amide bonds. The number of carbonyl (C=O) groups is 2. The number of hydrogen-bond acceptors (Lipinski definition) is 3. The van der Waals surface area contributed by atoms with Crippen LogP contribution in [0.25, 0.3) is 0 Å². The molecule has 6 heteroatoms. The summed E-state index contributed by atoms with van der Waals surface area (Å²) in [5.41, 5.74) is -0.257. The zero-order chi connectivity index (χ0) is 8.65. The molecule has 0 N–H and O–H groups in total. The fourth-order valence-corrected chi connectivity index (χ4v) is 0.945. The van der Waals surface area contributed by atoms with Crippen LogP contribution in [-0.2, 0) is 14.3 Å². The van der Waals surface area contributed by atoms with Crippen molar-refractivity contribution in [3.63, 3.8) is 0 Å². The number of halogens is 3. The van der Waals surface area contributed by atoms with Crippen LogP contribution in [0.5, 0.6) is 0 Å².